The monoisotopic (exact) mass is 312 g/mol. The Morgan fingerprint density at radius 1 is 1.04 bits per heavy atom. The van der Waals surface area contributed by atoms with Crippen LogP contribution in [0.2, 0.25) is 0 Å². The standard InChI is InChI=1S/C19H24N2O2/c1-3-15-8-7-10-17(14-15)23-13-12-20-19(22)21-18-11-6-5-9-16(18)4-2/h5-11,14H,3-4,12-13H2,1-2H3,(H2,20,21,22). The number of carbonyl (C=O) groups excluding carboxylic acids is 1. The van der Waals surface area contributed by atoms with Gasteiger partial charge in [-0.25, -0.2) is 4.79 Å². The van der Waals surface area contributed by atoms with Crippen LogP contribution in [0.3, 0.4) is 0 Å². The van der Waals surface area contributed by atoms with Crippen molar-refractivity contribution in [3.05, 3.63) is 59.7 Å². The Balaban J connectivity index is 1.74. The second-order valence-electron chi connectivity index (χ2n) is 5.24. The zero-order valence-corrected chi connectivity index (χ0v) is 13.8. The van der Waals surface area contributed by atoms with E-state index in [1.807, 2.05) is 42.5 Å². The number of nitrogens with one attached hydrogen (secondary N) is 2. The molecule has 0 unspecified atom stereocenters. The van der Waals surface area contributed by atoms with Crippen LogP contribution in [-0.4, -0.2) is 19.2 Å². The van der Waals surface area contributed by atoms with Gasteiger partial charge >= 0.3 is 6.03 Å². The lowest BCUT2D eigenvalue weighted by molar-refractivity contribution is 0.247. The van der Waals surface area contributed by atoms with E-state index in [1.165, 1.54) is 5.56 Å². The Bertz CT molecular complexity index is 641. The maximum atomic E-state index is 11.9. The van der Waals surface area contributed by atoms with Gasteiger partial charge in [0.15, 0.2) is 0 Å². The van der Waals surface area contributed by atoms with E-state index < -0.39 is 0 Å². The van der Waals surface area contributed by atoms with Crippen LogP contribution >= 0.6 is 0 Å². The summed E-state index contributed by atoms with van der Waals surface area (Å²) in [5.41, 5.74) is 3.21. The number of urea groups is 1. The summed E-state index contributed by atoms with van der Waals surface area (Å²) >= 11 is 0. The molecule has 0 aliphatic rings. The molecule has 23 heavy (non-hydrogen) atoms. The molecule has 0 saturated heterocycles. The summed E-state index contributed by atoms with van der Waals surface area (Å²) in [6, 6.07) is 15.6. The van der Waals surface area contributed by atoms with Crippen LogP contribution in [0.5, 0.6) is 5.75 Å². The summed E-state index contributed by atoms with van der Waals surface area (Å²) in [7, 11) is 0. The van der Waals surface area contributed by atoms with Crippen LogP contribution in [0.25, 0.3) is 0 Å². The average Bonchev–Trinajstić information content (AvgIpc) is 2.59. The number of rotatable bonds is 7. The van der Waals surface area contributed by atoms with E-state index >= 15 is 0 Å². The zero-order valence-electron chi connectivity index (χ0n) is 13.8. The summed E-state index contributed by atoms with van der Waals surface area (Å²) in [6.45, 7) is 5.07. The molecule has 122 valence electrons. The van der Waals surface area contributed by atoms with Crippen LogP contribution in [0.4, 0.5) is 10.5 Å². The first-order chi connectivity index (χ1) is 11.2. The first-order valence-electron chi connectivity index (χ1n) is 8.07. The number of carbonyl (C=O) groups is 1. The van der Waals surface area contributed by atoms with Gasteiger partial charge in [-0.05, 0) is 42.2 Å². The fraction of sp³-hybridized carbons (Fsp3) is 0.316. The molecule has 4 nitrogen and oxygen atoms in total. The summed E-state index contributed by atoms with van der Waals surface area (Å²) in [5.74, 6) is 0.836. The first-order valence-corrected chi connectivity index (χ1v) is 8.07. The van der Waals surface area contributed by atoms with Gasteiger partial charge in [-0.15, -0.1) is 0 Å². The first kappa shape index (κ1) is 16.9. The third-order valence-electron chi connectivity index (χ3n) is 3.61. The Labute approximate surface area is 137 Å². The minimum atomic E-state index is -0.211. The third kappa shape index (κ3) is 5.33. The lowest BCUT2D eigenvalue weighted by Crippen LogP contribution is -2.32. The lowest BCUT2D eigenvalue weighted by atomic mass is 10.1. The van der Waals surface area contributed by atoms with E-state index in [0.29, 0.717) is 13.2 Å². The normalized spacial score (nSPS) is 10.2. The fourth-order valence-electron chi connectivity index (χ4n) is 2.31. The molecule has 0 aliphatic heterocycles. The quantitative estimate of drug-likeness (QED) is 0.759. The van der Waals surface area contributed by atoms with Crippen molar-refractivity contribution >= 4 is 11.7 Å². The van der Waals surface area contributed by atoms with E-state index in [2.05, 4.69) is 30.5 Å². The summed E-state index contributed by atoms with van der Waals surface area (Å²) in [5, 5.41) is 5.68. The summed E-state index contributed by atoms with van der Waals surface area (Å²) in [6.07, 6.45) is 1.86. The Morgan fingerprint density at radius 3 is 2.65 bits per heavy atom. The molecule has 0 fully saturated rings. The molecule has 2 amide bonds. The van der Waals surface area contributed by atoms with Gasteiger partial charge in [0.25, 0.3) is 0 Å². The molecule has 0 aliphatic carbocycles. The number of anilines is 1. The number of ether oxygens (including phenoxy) is 1. The van der Waals surface area contributed by atoms with Gasteiger partial charge in [0.2, 0.25) is 0 Å². The molecule has 0 bridgehead atoms. The van der Waals surface area contributed by atoms with Crippen LogP contribution in [-0.2, 0) is 12.8 Å². The summed E-state index contributed by atoms with van der Waals surface area (Å²) in [4.78, 5) is 11.9. The smallest absolute Gasteiger partial charge is 0.319 e. The van der Waals surface area contributed by atoms with E-state index in [9.17, 15) is 4.79 Å². The van der Waals surface area contributed by atoms with Gasteiger partial charge in [0, 0.05) is 5.69 Å². The number of benzene rings is 2. The van der Waals surface area contributed by atoms with Crippen molar-refractivity contribution in [3.63, 3.8) is 0 Å². The second kappa shape index (κ2) is 8.83. The van der Waals surface area contributed by atoms with Crippen molar-refractivity contribution in [2.24, 2.45) is 0 Å². The highest BCUT2D eigenvalue weighted by molar-refractivity contribution is 5.90. The number of aryl methyl sites for hydroxylation is 2. The number of para-hydroxylation sites is 1. The zero-order chi connectivity index (χ0) is 16.5. The Kier molecular flexibility index (Phi) is 6.48. The van der Waals surface area contributed by atoms with Gasteiger partial charge in [-0.2, -0.15) is 0 Å². The molecule has 4 heteroatoms. The molecule has 2 N–H and O–H groups in total. The summed E-state index contributed by atoms with van der Waals surface area (Å²) < 4.78 is 5.65. The van der Waals surface area contributed by atoms with Crippen molar-refractivity contribution < 1.29 is 9.53 Å². The van der Waals surface area contributed by atoms with Crippen molar-refractivity contribution in [1.29, 1.82) is 0 Å². The van der Waals surface area contributed by atoms with Gasteiger partial charge in [0.1, 0.15) is 12.4 Å². The maximum absolute atomic E-state index is 11.9. The largest absolute Gasteiger partial charge is 0.492 e. The van der Waals surface area contributed by atoms with Gasteiger partial charge in [0.05, 0.1) is 6.54 Å². The molecule has 0 radical (unpaired) electrons. The molecule has 0 atom stereocenters. The van der Waals surface area contributed by atoms with E-state index in [0.717, 1.165) is 29.8 Å². The van der Waals surface area contributed by atoms with Gasteiger partial charge in [-0.3, -0.25) is 0 Å². The molecule has 0 spiro atoms. The number of hydrogen-bond donors (Lipinski definition) is 2. The van der Waals surface area contributed by atoms with Crippen LogP contribution < -0.4 is 15.4 Å². The third-order valence-corrected chi connectivity index (χ3v) is 3.61. The molecule has 0 saturated carbocycles. The van der Waals surface area contributed by atoms with Crippen LogP contribution in [0.1, 0.15) is 25.0 Å². The average molecular weight is 312 g/mol. The Hall–Kier alpha value is -2.49. The molecule has 2 rings (SSSR count). The van der Waals surface area contributed by atoms with Gasteiger partial charge < -0.3 is 15.4 Å². The fourth-order valence-corrected chi connectivity index (χ4v) is 2.31. The van der Waals surface area contributed by atoms with Crippen molar-refractivity contribution in [3.8, 4) is 5.75 Å². The van der Waals surface area contributed by atoms with Crippen LogP contribution in [0, 0.1) is 0 Å². The van der Waals surface area contributed by atoms with E-state index in [4.69, 9.17) is 4.74 Å². The molecular weight excluding hydrogens is 288 g/mol. The number of hydrogen-bond acceptors (Lipinski definition) is 2. The molecule has 0 heterocycles. The van der Waals surface area contributed by atoms with E-state index in [-0.39, 0.29) is 6.03 Å². The molecule has 0 aromatic heterocycles. The minimum Gasteiger partial charge on any atom is -0.492 e. The highest BCUT2D eigenvalue weighted by Crippen LogP contribution is 2.15. The van der Waals surface area contributed by atoms with Gasteiger partial charge in [-0.1, -0.05) is 44.2 Å². The topological polar surface area (TPSA) is 50.4 Å². The predicted octanol–water partition coefficient (Wildman–Crippen LogP) is 4.01. The minimum absolute atomic E-state index is 0.211. The highest BCUT2D eigenvalue weighted by Gasteiger charge is 2.04. The lowest BCUT2D eigenvalue weighted by Gasteiger charge is -2.11. The van der Waals surface area contributed by atoms with Crippen molar-refractivity contribution in [1.82, 2.24) is 5.32 Å². The second-order valence-corrected chi connectivity index (χ2v) is 5.24. The number of amides is 2. The molecule has 2 aromatic rings. The highest BCUT2D eigenvalue weighted by atomic mass is 16.5. The predicted molar refractivity (Wildman–Crippen MR) is 94.2 cm³/mol. The SMILES string of the molecule is CCc1cccc(OCCNC(=O)Nc2ccccc2CC)c1. The van der Waals surface area contributed by atoms with Crippen LogP contribution in [0.15, 0.2) is 48.5 Å². The van der Waals surface area contributed by atoms with E-state index in [1.54, 1.807) is 0 Å². The van der Waals surface area contributed by atoms with Crippen molar-refractivity contribution in [2.75, 3.05) is 18.5 Å². The molecule has 2 aromatic carbocycles. The molecular formula is C19H24N2O2. The Morgan fingerprint density at radius 2 is 1.87 bits per heavy atom. The van der Waals surface area contributed by atoms with Crippen molar-refractivity contribution in [2.45, 2.75) is 26.7 Å². The maximum Gasteiger partial charge on any atom is 0.319 e.